The van der Waals surface area contributed by atoms with Gasteiger partial charge in [-0.05, 0) is 31.7 Å². The highest BCUT2D eigenvalue weighted by atomic mass is 16.5. The number of nitrogens with zero attached hydrogens (tertiary/aromatic N) is 3. The summed E-state index contributed by atoms with van der Waals surface area (Å²) in [5.41, 5.74) is 0. The van der Waals surface area contributed by atoms with E-state index in [2.05, 4.69) is 23.6 Å². The third kappa shape index (κ3) is 6.40. The quantitative estimate of drug-likeness (QED) is 0.636. The lowest BCUT2D eigenvalue weighted by Crippen LogP contribution is -2.47. The maximum Gasteiger partial charge on any atom is 0.248 e. The molecule has 2 heterocycles. The highest BCUT2D eigenvalue weighted by molar-refractivity contribution is 5.77. The fourth-order valence-electron chi connectivity index (χ4n) is 3.59. The van der Waals surface area contributed by atoms with Gasteiger partial charge < -0.3 is 14.5 Å². The standard InChI is InChI=1S/C18H35N3O2/c1-3-7-19-10-12-20(13-11-19)14-15-23-16-18(22)21-8-5-17(4-2)6-9-21/h17H,3-16H2,1-2H3. The van der Waals surface area contributed by atoms with E-state index in [0.717, 1.165) is 51.5 Å². The fraction of sp³-hybridized carbons (Fsp3) is 0.944. The smallest absolute Gasteiger partial charge is 0.248 e. The summed E-state index contributed by atoms with van der Waals surface area (Å²) < 4.78 is 5.63. The Morgan fingerprint density at radius 2 is 1.57 bits per heavy atom. The van der Waals surface area contributed by atoms with Gasteiger partial charge in [0.2, 0.25) is 5.91 Å². The highest BCUT2D eigenvalue weighted by Gasteiger charge is 2.21. The van der Waals surface area contributed by atoms with Gasteiger partial charge in [0.15, 0.2) is 0 Å². The Balaban J connectivity index is 1.51. The average molecular weight is 325 g/mol. The molecule has 0 spiro atoms. The molecule has 0 radical (unpaired) electrons. The molecule has 2 rings (SSSR count). The minimum Gasteiger partial charge on any atom is -0.370 e. The van der Waals surface area contributed by atoms with Gasteiger partial charge in [-0.2, -0.15) is 0 Å². The number of likely N-dealkylation sites (tertiary alicyclic amines) is 1. The van der Waals surface area contributed by atoms with Crippen molar-refractivity contribution in [1.29, 1.82) is 0 Å². The first kappa shape index (κ1) is 18.7. The van der Waals surface area contributed by atoms with E-state index in [1.54, 1.807) is 0 Å². The second kappa shape index (κ2) is 10.3. The third-order valence-corrected chi connectivity index (χ3v) is 5.33. The van der Waals surface area contributed by atoms with Crippen LogP contribution in [0.15, 0.2) is 0 Å². The first-order valence-electron chi connectivity index (χ1n) is 9.53. The number of amides is 1. The molecule has 0 aromatic rings. The molecule has 0 saturated carbocycles. The van der Waals surface area contributed by atoms with Crippen LogP contribution >= 0.6 is 0 Å². The zero-order valence-electron chi connectivity index (χ0n) is 15.1. The number of rotatable bonds is 8. The minimum atomic E-state index is 0.173. The molecule has 2 fully saturated rings. The van der Waals surface area contributed by atoms with Gasteiger partial charge in [0, 0.05) is 45.8 Å². The Bertz CT molecular complexity index is 335. The van der Waals surface area contributed by atoms with Crippen LogP contribution in [0.4, 0.5) is 0 Å². The lowest BCUT2D eigenvalue weighted by molar-refractivity contribution is -0.137. The molecule has 0 aromatic carbocycles. The van der Waals surface area contributed by atoms with Gasteiger partial charge in [0.05, 0.1) is 6.61 Å². The Morgan fingerprint density at radius 3 is 2.13 bits per heavy atom. The molecule has 2 aliphatic heterocycles. The molecular weight excluding hydrogens is 290 g/mol. The van der Waals surface area contributed by atoms with E-state index in [4.69, 9.17) is 4.74 Å². The van der Waals surface area contributed by atoms with Crippen LogP contribution in [-0.2, 0) is 9.53 Å². The van der Waals surface area contributed by atoms with Crippen LogP contribution in [0, 0.1) is 5.92 Å². The summed E-state index contributed by atoms with van der Waals surface area (Å²) in [5.74, 6) is 0.985. The molecule has 0 aromatic heterocycles. The van der Waals surface area contributed by atoms with Crippen LogP contribution in [0.25, 0.3) is 0 Å². The van der Waals surface area contributed by atoms with Gasteiger partial charge in [-0.15, -0.1) is 0 Å². The highest BCUT2D eigenvalue weighted by Crippen LogP contribution is 2.19. The molecule has 0 bridgehead atoms. The van der Waals surface area contributed by atoms with Crippen LogP contribution in [0.1, 0.15) is 39.5 Å². The first-order chi connectivity index (χ1) is 11.2. The normalized spacial score (nSPS) is 21.7. The predicted octanol–water partition coefficient (Wildman–Crippen LogP) is 1.68. The summed E-state index contributed by atoms with van der Waals surface area (Å²) >= 11 is 0. The maximum atomic E-state index is 12.1. The van der Waals surface area contributed by atoms with E-state index in [1.165, 1.54) is 32.5 Å². The number of ether oxygens (including phenoxy) is 1. The molecule has 5 nitrogen and oxygen atoms in total. The van der Waals surface area contributed by atoms with Crippen molar-refractivity contribution in [3.05, 3.63) is 0 Å². The Labute approximate surface area is 141 Å². The van der Waals surface area contributed by atoms with Gasteiger partial charge in [-0.25, -0.2) is 0 Å². The molecule has 23 heavy (non-hydrogen) atoms. The van der Waals surface area contributed by atoms with Crippen molar-refractivity contribution in [3.8, 4) is 0 Å². The molecule has 1 amide bonds. The Hall–Kier alpha value is -0.650. The Kier molecular flexibility index (Phi) is 8.34. The molecule has 0 aliphatic carbocycles. The molecule has 134 valence electrons. The molecular formula is C18H35N3O2. The van der Waals surface area contributed by atoms with Crippen molar-refractivity contribution in [3.63, 3.8) is 0 Å². The molecule has 2 saturated heterocycles. The number of carbonyl (C=O) groups excluding carboxylic acids is 1. The van der Waals surface area contributed by atoms with Crippen LogP contribution < -0.4 is 0 Å². The number of carbonyl (C=O) groups is 1. The molecule has 0 atom stereocenters. The number of hydrogen-bond acceptors (Lipinski definition) is 4. The van der Waals surface area contributed by atoms with E-state index in [1.807, 2.05) is 4.90 Å². The average Bonchev–Trinajstić information content (AvgIpc) is 2.60. The zero-order chi connectivity index (χ0) is 16.5. The van der Waals surface area contributed by atoms with Gasteiger partial charge in [-0.3, -0.25) is 9.69 Å². The molecule has 2 aliphatic rings. The summed E-state index contributed by atoms with van der Waals surface area (Å²) in [6, 6.07) is 0. The Morgan fingerprint density at radius 1 is 0.957 bits per heavy atom. The van der Waals surface area contributed by atoms with E-state index < -0.39 is 0 Å². The summed E-state index contributed by atoms with van der Waals surface area (Å²) in [7, 11) is 0. The van der Waals surface area contributed by atoms with Crippen LogP contribution in [0.3, 0.4) is 0 Å². The van der Waals surface area contributed by atoms with Gasteiger partial charge in [0.25, 0.3) is 0 Å². The van der Waals surface area contributed by atoms with E-state index >= 15 is 0 Å². The van der Waals surface area contributed by atoms with E-state index in [9.17, 15) is 4.79 Å². The monoisotopic (exact) mass is 325 g/mol. The summed E-state index contributed by atoms with van der Waals surface area (Å²) in [6.07, 6.45) is 4.79. The summed E-state index contributed by atoms with van der Waals surface area (Å²) in [6.45, 7) is 14.0. The predicted molar refractivity (Wildman–Crippen MR) is 93.6 cm³/mol. The molecule has 0 unspecified atom stereocenters. The largest absolute Gasteiger partial charge is 0.370 e. The molecule has 5 heteroatoms. The van der Waals surface area contributed by atoms with Crippen LogP contribution in [0.2, 0.25) is 0 Å². The van der Waals surface area contributed by atoms with Crippen molar-refractivity contribution >= 4 is 5.91 Å². The minimum absolute atomic E-state index is 0.173. The SMILES string of the molecule is CCCN1CCN(CCOCC(=O)N2CCC(CC)CC2)CC1. The number of hydrogen-bond donors (Lipinski definition) is 0. The number of piperidine rings is 1. The van der Waals surface area contributed by atoms with E-state index in [-0.39, 0.29) is 12.5 Å². The van der Waals surface area contributed by atoms with Crippen LogP contribution in [0.5, 0.6) is 0 Å². The lowest BCUT2D eigenvalue weighted by atomic mass is 9.94. The van der Waals surface area contributed by atoms with Gasteiger partial charge in [-0.1, -0.05) is 20.3 Å². The number of piperazine rings is 1. The van der Waals surface area contributed by atoms with E-state index in [0.29, 0.717) is 6.61 Å². The lowest BCUT2D eigenvalue weighted by Gasteiger charge is -2.34. The van der Waals surface area contributed by atoms with Crippen LogP contribution in [-0.4, -0.2) is 86.2 Å². The van der Waals surface area contributed by atoms with Gasteiger partial charge in [0.1, 0.15) is 6.61 Å². The zero-order valence-corrected chi connectivity index (χ0v) is 15.1. The second-order valence-electron chi connectivity index (χ2n) is 6.97. The second-order valence-corrected chi connectivity index (χ2v) is 6.97. The molecule has 0 N–H and O–H groups in total. The first-order valence-corrected chi connectivity index (χ1v) is 9.53. The maximum absolute atomic E-state index is 12.1. The van der Waals surface area contributed by atoms with Gasteiger partial charge >= 0.3 is 0 Å². The van der Waals surface area contributed by atoms with Crippen molar-refractivity contribution in [2.45, 2.75) is 39.5 Å². The van der Waals surface area contributed by atoms with Crippen molar-refractivity contribution in [2.24, 2.45) is 5.92 Å². The van der Waals surface area contributed by atoms with Crippen molar-refractivity contribution in [2.75, 3.05) is 65.6 Å². The fourth-order valence-corrected chi connectivity index (χ4v) is 3.59. The van der Waals surface area contributed by atoms with Crippen molar-refractivity contribution in [1.82, 2.24) is 14.7 Å². The summed E-state index contributed by atoms with van der Waals surface area (Å²) in [5, 5.41) is 0. The third-order valence-electron chi connectivity index (χ3n) is 5.33. The topological polar surface area (TPSA) is 36.0 Å². The van der Waals surface area contributed by atoms with Crippen molar-refractivity contribution < 1.29 is 9.53 Å². The summed E-state index contributed by atoms with van der Waals surface area (Å²) in [4.78, 5) is 19.1.